The highest BCUT2D eigenvalue weighted by molar-refractivity contribution is 7.91. The van der Waals surface area contributed by atoms with E-state index in [1.165, 1.54) is 11.0 Å². The molecule has 0 saturated carbocycles. The van der Waals surface area contributed by atoms with Gasteiger partial charge < -0.3 is 10.0 Å². The molecular formula is C13H16ClNO4S. The number of amides is 1. The van der Waals surface area contributed by atoms with Gasteiger partial charge in [0.2, 0.25) is 5.91 Å². The lowest BCUT2D eigenvalue weighted by molar-refractivity contribution is -0.116. The first-order valence-corrected chi connectivity index (χ1v) is 8.58. The first kappa shape index (κ1) is 15.1. The van der Waals surface area contributed by atoms with Gasteiger partial charge in [0.15, 0.2) is 9.84 Å². The molecule has 0 aromatic heterocycles. The number of hydrogen-bond acceptors (Lipinski definition) is 4. The van der Waals surface area contributed by atoms with Gasteiger partial charge in [-0.25, -0.2) is 8.42 Å². The quantitative estimate of drug-likeness (QED) is 0.856. The van der Waals surface area contributed by atoms with E-state index in [1.807, 2.05) is 6.92 Å². The monoisotopic (exact) mass is 317 g/mol. The van der Waals surface area contributed by atoms with Crippen molar-refractivity contribution in [3.63, 3.8) is 0 Å². The Morgan fingerprint density at radius 1 is 1.50 bits per heavy atom. The van der Waals surface area contributed by atoms with Crippen molar-refractivity contribution >= 4 is 33.0 Å². The number of phenolic OH excluding ortho intramolecular Hbond substituents is 1. The molecule has 1 aliphatic rings. The molecule has 1 aliphatic heterocycles. The Kier molecular flexibility index (Phi) is 4.25. The third-order valence-electron chi connectivity index (χ3n) is 3.35. The van der Waals surface area contributed by atoms with E-state index < -0.39 is 21.8 Å². The molecule has 1 aromatic rings. The number of aromatic hydroxyl groups is 1. The summed E-state index contributed by atoms with van der Waals surface area (Å²) in [6, 6.07) is 4.39. The Labute approximate surface area is 123 Å². The third-order valence-corrected chi connectivity index (χ3v) is 5.33. The van der Waals surface area contributed by atoms with Crippen LogP contribution >= 0.6 is 11.6 Å². The summed E-state index contributed by atoms with van der Waals surface area (Å²) in [7, 11) is -3.13. The maximum absolute atomic E-state index is 12.1. The molecule has 2 rings (SSSR count). The molecule has 1 N–H and O–H groups in total. The number of hydrogen-bond donors (Lipinski definition) is 1. The fourth-order valence-corrected chi connectivity index (χ4v) is 4.23. The van der Waals surface area contributed by atoms with E-state index >= 15 is 0 Å². The molecule has 7 heteroatoms. The van der Waals surface area contributed by atoms with Crippen LogP contribution in [0.3, 0.4) is 0 Å². The molecule has 1 amide bonds. The molecule has 0 unspecified atom stereocenters. The van der Waals surface area contributed by atoms with Gasteiger partial charge in [0.05, 0.1) is 23.2 Å². The fraction of sp³-hybridized carbons (Fsp3) is 0.462. The van der Waals surface area contributed by atoms with Crippen molar-refractivity contribution in [2.24, 2.45) is 0 Å². The van der Waals surface area contributed by atoms with Gasteiger partial charge in [0.25, 0.3) is 0 Å². The van der Waals surface area contributed by atoms with E-state index in [4.69, 9.17) is 11.6 Å². The summed E-state index contributed by atoms with van der Waals surface area (Å²) >= 11 is 5.62. The lowest BCUT2D eigenvalue weighted by Gasteiger charge is -2.28. The fourth-order valence-electron chi connectivity index (χ4n) is 2.40. The lowest BCUT2D eigenvalue weighted by Crippen LogP contribution is -2.42. The van der Waals surface area contributed by atoms with Crippen molar-refractivity contribution in [3.8, 4) is 5.75 Å². The van der Waals surface area contributed by atoms with Crippen LogP contribution in [0.4, 0.5) is 5.69 Å². The normalized spacial score (nSPS) is 20.8. The summed E-state index contributed by atoms with van der Waals surface area (Å²) in [5.41, 5.74) is 1.18. The average molecular weight is 318 g/mol. The minimum absolute atomic E-state index is 0.0519. The number of carbonyl (C=O) groups is 1. The predicted octanol–water partition coefficient (Wildman–Crippen LogP) is 1.46. The Balaban J connectivity index is 2.43. The zero-order valence-electron chi connectivity index (χ0n) is 11.0. The first-order valence-electron chi connectivity index (χ1n) is 6.22. The van der Waals surface area contributed by atoms with E-state index in [-0.39, 0.29) is 23.1 Å². The highest BCUT2D eigenvalue weighted by atomic mass is 35.5. The molecule has 0 spiro atoms. The second kappa shape index (κ2) is 5.61. The molecule has 1 fully saturated rings. The number of halogens is 1. The van der Waals surface area contributed by atoms with Crippen LogP contribution in [-0.4, -0.2) is 42.9 Å². The Morgan fingerprint density at radius 3 is 2.75 bits per heavy atom. The van der Waals surface area contributed by atoms with Gasteiger partial charge in [0, 0.05) is 0 Å². The van der Waals surface area contributed by atoms with Crippen molar-refractivity contribution < 1.29 is 18.3 Å². The van der Waals surface area contributed by atoms with Crippen LogP contribution < -0.4 is 4.90 Å². The van der Waals surface area contributed by atoms with Crippen LogP contribution in [0.5, 0.6) is 5.75 Å². The Bertz CT molecular complexity index is 629. The summed E-state index contributed by atoms with van der Waals surface area (Å²) < 4.78 is 23.2. The van der Waals surface area contributed by atoms with Gasteiger partial charge in [-0.05, 0) is 31.0 Å². The number of aryl methyl sites for hydroxylation is 1. The van der Waals surface area contributed by atoms with Crippen LogP contribution in [-0.2, 0) is 14.6 Å². The van der Waals surface area contributed by atoms with Crippen LogP contribution in [0, 0.1) is 6.92 Å². The summed E-state index contributed by atoms with van der Waals surface area (Å²) in [5, 5.41) is 9.95. The SMILES string of the molecule is Cc1ccc(O)c(N(C(=O)CCl)[C@H]2CCS(=O)(=O)C2)c1. The van der Waals surface area contributed by atoms with E-state index in [1.54, 1.807) is 12.1 Å². The molecule has 0 bridgehead atoms. The summed E-state index contributed by atoms with van der Waals surface area (Å²) in [5.74, 6) is -0.767. The number of rotatable bonds is 3. The van der Waals surface area contributed by atoms with Crippen LogP contribution in [0.2, 0.25) is 0 Å². The topological polar surface area (TPSA) is 74.7 Å². The predicted molar refractivity (Wildman–Crippen MR) is 78.1 cm³/mol. The minimum atomic E-state index is -3.13. The number of phenols is 1. The first-order chi connectivity index (χ1) is 9.34. The standard InChI is InChI=1S/C13H16ClNO4S/c1-9-2-3-12(16)11(6-9)15(13(17)7-14)10-4-5-20(18,19)8-10/h2-3,6,10,16H,4-5,7-8H2,1H3/t10-/m0/s1. The number of carbonyl (C=O) groups excluding carboxylic acids is 1. The highest BCUT2D eigenvalue weighted by Gasteiger charge is 2.36. The number of alkyl halides is 1. The van der Waals surface area contributed by atoms with E-state index in [0.717, 1.165) is 5.56 Å². The van der Waals surface area contributed by atoms with Crippen molar-refractivity contribution in [2.45, 2.75) is 19.4 Å². The Morgan fingerprint density at radius 2 is 2.20 bits per heavy atom. The van der Waals surface area contributed by atoms with Gasteiger partial charge in [-0.2, -0.15) is 0 Å². The van der Waals surface area contributed by atoms with E-state index in [9.17, 15) is 18.3 Å². The minimum Gasteiger partial charge on any atom is -0.506 e. The van der Waals surface area contributed by atoms with Crippen molar-refractivity contribution in [1.29, 1.82) is 0 Å². The van der Waals surface area contributed by atoms with Gasteiger partial charge in [-0.1, -0.05) is 6.07 Å². The molecule has 1 saturated heterocycles. The number of anilines is 1. The molecule has 1 aromatic carbocycles. The Hall–Kier alpha value is -1.27. The number of nitrogens with zero attached hydrogens (tertiary/aromatic N) is 1. The maximum Gasteiger partial charge on any atom is 0.242 e. The van der Waals surface area contributed by atoms with Crippen molar-refractivity contribution in [1.82, 2.24) is 0 Å². The second-order valence-corrected chi connectivity index (χ2v) is 7.44. The second-order valence-electron chi connectivity index (χ2n) is 4.95. The third kappa shape index (κ3) is 3.07. The molecule has 1 heterocycles. The van der Waals surface area contributed by atoms with Crippen LogP contribution in [0.25, 0.3) is 0 Å². The molecule has 1 atom stereocenters. The number of benzene rings is 1. The maximum atomic E-state index is 12.1. The van der Waals surface area contributed by atoms with Gasteiger partial charge in [-0.3, -0.25) is 4.79 Å². The molecule has 0 radical (unpaired) electrons. The van der Waals surface area contributed by atoms with Gasteiger partial charge in [0.1, 0.15) is 11.6 Å². The summed E-state index contributed by atoms with van der Waals surface area (Å²) in [6.45, 7) is 1.83. The zero-order chi connectivity index (χ0) is 14.9. The molecule has 5 nitrogen and oxygen atoms in total. The molecule has 110 valence electrons. The van der Waals surface area contributed by atoms with Crippen LogP contribution in [0.15, 0.2) is 18.2 Å². The van der Waals surface area contributed by atoms with Crippen molar-refractivity contribution in [3.05, 3.63) is 23.8 Å². The van der Waals surface area contributed by atoms with E-state index in [2.05, 4.69) is 0 Å². The number of sulfone groups is 1. The molecule has 0 aliphatic carbocycles. The lowest BCUT2D eigenvalue weighted by atomic mass is 10.1. The van der Waals surface area contributed by atoms with Crippen molar-refractivity contribution in [2.75, 3.05) is 22.3 Å². The largest absolute Gasteiger partial charge is 0.506 e. The average Bonchev–Trinajstić information content (AvgIpc) is 2.74. The summed E-state index contributed by atoms with van der Waals surface area (Å²) in [6.07, 6.45) is 0.359. The van der Waals surface area contributed by atoms with E-state index in [0.29, 0.717) is 12.1 Å². The smallest absolute Gasteiger partial charge is 0.242 e. The zero-order valence-corrected chi connectivity index (χ0v) is 12.6. The summed E-state index contributed by atoms with van der Waals surface area (Å²) in [4.78, 5) is 13.4. The highest BCUT2D eigenvalue weighted by Crippen LogP contribution is 2.32. The van der Waals surface area contributed by atoms with Gasteiger partial charge >= 0.3 is 0 Å². The molecule has 20 heavy (non-hydrogen) atoms. The van der Waals surface area contributed by atoms with Crippen LogP contribution in [0.1, 0.15) is 12.0 Å². The molecular weight excluding hydrogens is 302 g/mol. The van der Waals surface area contributed by atoms with Gasteiger partial charge in [-0.15, -0.1) is 11.6 Å².